The number of rotatable bonds is 9. The Hall–Kier alpha value is -3.20. The number of ether oxygens (including phenoxy) is 3. The van der Waals surface area contributed by atoms with Crippen molar-refractivity contribution in [2.75, 3.05) is 33.4 Å². The number of carbonyl (C=O) groups is 1. The van der Waals surface area contributed by atoms with Crippen LogP contribution in [0.2, 0.25) is 0 Å². The van der Waals surface area contributed by atoms with Gasteiger partial charge in [-0.2, -0.15) is 5.26 Å². The van der Waals surface area contributed by atoms with Crippen molar-refractivity contribution in [1.82, 2.24) is 4.90 Å². The number of aryl methyl sites for hydroxylation is 1. The fraction of sp³-hybridized carbons (Fsp3) is 0.333. The Labute approximate surface area is 159 Å². The highest BCUT2D eigenvalue weighted by Gasteiger charge is 2.13. The number of para-hydroxylation sites is 1. The second-order valence-corrected chi connectivity index (χ2v) is 5.92. The third-order valence-corrected chi connectivity index (χ3v) is 3.93. The second kappa shape index (κ2) is 10.1. The molecule has 2 aromatic carbocycles. The number of benzene rings is 2. The van der Waals surface area contributed by atoms with E-state index in [0.29, 0.717) is 36.8 Å². The van der Waals surface area contributed by atoms with Crippen LogP contribution in [0.15, 0.2) is 42.5 Å². The number of likely N-dealkylation sites (N-methyl/N-ethyl adjacent to an activating group) is 1. The molecule has 0 atom stereocenters. The van der Waals surface area contributed by atoms with Gasteiger partial charge in [0.15, 0.2) is 18.1 Å². The number of hydrogen-bond donors (Lipinski definition) is 0. The first kappa shape index (κ1) is 20.1. The highest BCUT2D eigenvalue weighted by Crippen LogP contribution is 2.28. The quantitative estimate of drug-likeness (QED) is 0.680. The molecule has 1 amide bonds. The van der Waals surface area contributed by atoms with E-state index in [1.807, 2.05) is 38.1 Å². The van der Waals surface area contributed by atoms with Crippen LogP contribution < -0.4 is 14.2 Å². The van der Waals surface area contributed by atoms with E-state index < -0.39 is 0 Å². The molecule has 0 aromatic heterocycles. The summed E-state index contributed by atoms with van der Waals surface area (Å²) in [5.41, 5.74) is 1.53. The van der Waals surface area contributed by atoms with Crippen LogP contribution in [0.1, 0.15) is 18.1 Å². The van der Waals surface area contributed by atoms with Crippen LogP contribution in [0, 0.1) is 18.3 Å². The lowest BCUT2D eigenvalue weighted by atomic mass is 10.2. The summed E-state index contributed by atoms with van der Waals surface area (Å²) in [6, 6.07) is 14.7. The molecule has 0 heterocycles. The smallest absolute Gasteiger partial charge is 0.260 e. The minimum atomic E-state index is -0.171. The summed E-state index contributed by atoms with van der Waals surface area (Å²) >= 11 is 0. The maximum absolute atomic E-state index is 12.3. The highest BCUT2D eigenvalue weighted by atomic mass is 16.5. The van der Waals surface area contributed by atoms with Crippen LogP contribution >= 0.6 is 0 Å². The predicted molar refractivity (Wildman–Crippen MR) is 102 cm³/mol. The van der Waals surface area contributed by atoms with Crippen molar-refractivity contribution in [2.24, 2.45) is 0 Å². The van der Waals surface area contributed by atoms with E-state index in [9.17, 15) is 4.79 Å². The van der Waals surface area contributed by atoms with Crippen molar-refractivity contribution in [3.8, 4) is 23.3 Å². The zero-order valence-corrected chi connectivity index (χ0v) is 15.9. The Kier molecular flexibility index (Phi) is 7.50. The fourth-order valence-corrected chi connectivity index (χ4v) is 2.35. The minimum Gasteiger partial charge on any atom is -0.491 e. The number of nitriles is 1. The zero-order valence-electron chi connectivity index (χ0n) is 15.9. The molecule has 6 nitrogen and oxygen atoms in total. The van der Waals surface area contributed by atoms with Gasteiger partial charge < -0.3 is 19.1 Å². The molecule has 0 N–H and O–H groups in total. The van der Waals surface area contributed by atoms with E-state index in [2.05, 4.69) is 6.07 Å². The first-order chi connectivity index (χ1) is 13.0. The number of carbonyl (C=O) groups excluding carboxylic acids is 1. The molecule has 0 unspecified atom stereocenters. The molecule has 2 rings (SSSR count). The molecule has 0 spiro atoms. The molecule has 0 aliphatic heterocycles. The Bertz CT molecular complexity index is 814. The van der Waals surface area contributed by atoms with Crippen molar-refractivity contribution in [1.29, 1.82) is 5.26 Å². The van der Waals surface area contributed by atoms with E-state index in [0.717, 1.165) is 11.3 Å². The van der Waals surface area contributed by atoms with Crippen LogP contribution in [0.3, 0.4) is 0 Å². The Morgan fingerprint density at radius 2 is 1.85 bits per heavy atom. The predicted octanol–water partition coefficient (Wildman–Crippen LogP) is 3.18. The molecule has 0 aliphatic carbocycles. The summed E-state index contributed by atoms with van der Waals surface area (Å²) in [5.74, 6) is 1.53. The summed E-state index contributed by atoms with van der Waals surface area (Å²) in [4.78, 5) is 13.8. The first-order valence-electron chi connectivity index (χ1n) is 8.77. The van der Waals surface area contributed by atoms with Gasteiger partial charge in [-0.15, -0.1) is 0 Å². The van der Waals surface area contributed by atoms with Crippen LogP contribution in [-0.4, -0.2) is 44.2 Å². The minimum absolute atomic E-state index is 0.118. The molecular formula is C21H24N2O4. The molecule has 0 fully saturated rings. The molecule has 0 aliphatic rings. The molecule has 0 saturated carbocycles. The van der Waals surface area contributed by atoms with Gasteiger partial charge in [0.05, 0.1) is 24.8 Å². The monoisotopic (exact) mass is 368 g/mol. The summed E-state index contributed by atoms with van der Waals surface area (Å²) in [5, 5.41) is 8.97. The Balaban J connectivity index is 1.84. The largest absolute Gasteiger partial charge is 0.491 e. The van der Waals surface area contributed by atoms with Crippen LogP contribution in [0.4, 0.5) is 0 Å². The van der Waals surface area contributed by atoms with Gasteiger partial charge in [-0.1, -0.05) is 18.2 Å². The summed E-state index contributed by atoms with van der Waals surface area (Å²) in [7, 11) is 1.70. The van der Waals surface area contributed by atoms with Gasteiger partial charge in [-0.3, -0.25) is 4.79 Å². The van der Waals surface area contributed by atoms with Crippen molar-refractivity contribution in [2.45, 2.75) is 13.8 Å². The van der Waals surface area contributed by atoms with E-state index >= 15 is 0 Å². The summed E-state index contributed by atoms with van der Waals surface area (Å²) in [6.45, 7) is 4.99. The summed E-state index contributed by atoms with van der Waals surface area (Å²) in [6.07, 6.45) is 0. The van der Waals surface area contributed by atoms with E-state index in [1.54, 1.807) is 30.1 Å². The number of hydrogen-bond acceptors (Lipinski definition) is 5. The molecule has 0 saturated heterocycles. The lowest BCUT2D eigenvalue weighted by Crippen LogP contribution is -2.34. The molecule has 0 bridgehead atoms. The van der Waals surface area contributed by atoms with Crippen molar-refractivity contribution < 1.29 is 19.0 Å². The van der Waals surface area contributed by atoms with Gasteiger partial charge in [-0.05, 0) is 37.6 Å². The Morgan fingerprint density at radius 3 is 2.56 bits per heavy atom. The van der Waals surface area contributed by atoms with Crippen molar-refractivity contribution in [3.63, 3.8) is 0 Å². The van der Waals surface area contributed by atoms with Gasteiger partial charge in [-0.25, -0.2) is 0 Å². The van der Waals surface area contributed by atoms with Gasteiger partial charge in [0.2, 0.25) is 0 Å². The third-order valence-electron chi connectivity index (χ3n) is 3.93. The third kappa shape index (κ3) is 5.93. The van der Waals surface area contributed by atoms with E-state index in [4.69, 9.17) is 19.5 Å². The van der Waals surface area contributed by atoms with Gasteiger partial charge >= 0.3 is 0 Å². The second-order valence-electron chi connectivity index (χ2n) is 5.92. The van der Waals surface area contributed by atoms with Gasteiger partial charge in [0.1, 0.15) is 12.4 Å². The van der Waals surface area contributed by atoms with E-state index in [1.165, 1.54) is 0 Å². The normalized spacial score (nSPS) is 10.0. The van der Waals surface area contributed by atoms with Crippen molar-refractivity contribution in [3.05, 3.63) is 53.6 Å². The van der Waals surface area contributed by atoms with Crippen LogP contribution in [0.25, 0.3) is 0 Å². The van der Waals surface area contributed by atoms with Crippen LogP contribution in [0.5, 0.6) is 17.2 Å². The molecule has 0 radical (unpaired) electrons. The molecule has 6 heteroatoms. The molecule has 2 aromatic rings. The lowest BCUT2D eigenvalue weighted by molar-refractivity contribution is -0.132. The Morgan fingerprint density at radius 1 is 1.07 bits per heavy atom. The van der Waals surface area contributed by atoms with Crippen molar-refractivity contribution >= 4 is 5.91 Å². The lowest BCUT2D eigenvalue weighted by Gasteiger charge is -2.19. The standard InChI is InChI=1S/C21H24N2O4/c1-4-25-20-13-17(14-22)9-10-19(20)27-15-21(24)23(3)11-12-26-18-8-6-5-7-16(18)2/h5-10,13H,4,11-12,15H2,1-3H3. The maximum Gasteiger partial charge on any atom is 0.260 e. The van der Waals surface area contributed by atoms with Crippen LogP contribution in [-0.2, 0) is 4.79 Å². The van der Waals surface area contributed by atoms with Gasteiger partial charge in [0.25, 0.3) is 5.91 Å². The first-order valence-corrected chi connectivity index (χ1v) is 8.77. The van der Waals surface area contributed by atoms with E-state index in [-0.39, 0.29) is 12.5 Å². The zero-order chi connectivity index (χ0) is 19.6. The topological polar surface area (TPSA) is 71.8 Å². The number of nitrogens with zero attached hydrogens (tertiary/aromatic N) is 2. The maximum atomic E-state index is 12.3. The fourth-order valence-electron chi connectivity index (χ4n) is 2.35. The average molecular weight is 368 g/mol. The summed E-state index contributed by atoms with van der Waals surface area (Å²) < 4.78 is 16.8. The molecule has 142 valence electrons. The SMILES string of the molecule is CCOc1cc(C#N)ccc1OCC(=O)N(C)CCOc1ccccc1C. The average Bonchev–Trinajstić information content (AvgIpc) is 2.68. The van der Waals surface area contributed by atoms with Gasteiger partial charge in [0, 0.05) is 13.1 Å². The number of amides is 1. The molecule has 27 heavy (non-hydrogen) atoms. The molecular weight excluding hydrogens is 344 g/mol. The highest BCUT2D eigenvalue weighted by molar-refractivity contribution is 5.77.